The molecule has 0 bridgehead atoms. The average molecular weight is 208 g/mol. The monoisotopic (exact) mass is 208 g/mol. The van der Waals surface area contributed by atoms with Crippen molar-refractivity contribution in [3.05, 3.63) is 60.4 Å². The molecular formula is C15H12O. The van der Waals surface area contributed by atoms with Gasteiger partial charge in [-0.05, 0) is 18.6 Å². The first kappa shape index (κ1) is 9.22. The lowest BCUT2D eigenvalue weighted by Crippen LogP contribution is -1.76. The molecule has 0 saturated heterocycles. The van der Waals surface area contributed by atoms with Crippen molar-refractivity contribution >= 4 is 11.0 Å². The van der Waals surface area contributed by atoms with Crippen LogP contribution in [0.15, 0.2) is 59.2 Å². The second-order valence-electron chi connectivity index (χ2n) is 4.01. The highest BCUT2D eigenvalue weighted by Crippen LogP contribution is 2.30. The number of para-hydroxylation sites is 1. The summed E-state index contributed by atoms with van der Waals surface area (Å²) >= 11 is 0. The van der Waals surface area contributed by atoms with Crippen molar-refractivity contribution in [1.29, 1.82) is 0 Å². The zero-order valence-electron chi connectivity index (χ0n) is 9.10. The number of furan rings is 1. The van der Waals surface area contributed by atoms with E-state index in [2.05, 4.69) is 37.3 Å². The molecular weight excluding hydrogens is 196 g/mol. The van der Waals surface area contributed by atoms with E-state index in [-0.39, 0.29) is 0 Å². The predicted octanol–water partition coefficient (Wildman–Crippen LogP) is 4.41. The van der Waals surface area contributed by atoms with Crippen LogP contribution >= 0.6 is 0 Å². The minimum Gasteiger partial charge on any atom is -0.464 e. The molecule has 1 nitrogen and oxygen atoms in total. The molecule has 0 amide bonds. The lowest BCUT2D eigenvalue weighted by Gasteiger charge is -1.98. The molecule has 0 aliphatic carbocycles. The molecule has 0 saturated carbocycles. The molecule has 0 radical (unpaired) electrons. The van der Waals surface area contributed by atoms with Crippen molar-refractivity contribution in [1.82, 2.24) is 0 Å². The van der Waals surface area contributed by atoms with Gasteiger partial charge in [0.1, 0.15) is 5.58 Å². The van der Waals surface area contributed by atoms with Gasteiger partial charge in [0.05, 0.1) is 6.26 Å². The van der Waals surface area contributed by atoms with E-state index in [9.17, 15) is 0 Å². The van der Waals surface area contributed by atoms with Crippen LogP contribution in [0.25, 0.3) is 22.1 Å². The van der Waals surface area contributed by atoms with Crippen LogP contribution in [0, 0.1) is 6.92 Å². The maximum Gasteiger partial charge on any atom is 0.134 e. The highest BCUT2D eigenvalue weighted by atomic mass is 16.3. The van der Waals surface area contributed by atoms with E-state index in [4.69, 9.17) is 4.42 Å². The SMILES string of the molecule is Cc1ccc(-c2coc3ccccc23)cc1. The summed E-state index contributed by atoms with van der Waals surface area (Å²) in [6.07, 6.45) is 1.83. The van der Waals surface area contributed by atoms with Gasteiger partial charge in [0, 0.05) is 10.9 Å². The predicted molar refractivity (Wildman–Crippen MR) is 66.4 cm³/mol. The van der Waals surface area contributed by atoms with Crippen molar-refractivity contribution in [2.45, 2.75) is 6.92 Å². The second kappa shape index (κ2) is 3.53. The lowest BCUT2D eigenvalue weighted by molar-refractivity contribution is 0.617. The summed E-state index contributed by atoms with van der Waals surface area (Å²) in [7, 11) is 0. The highest BCUT2D eigenvalue weighted by Gasteiger charge is 2.06. The molecule has 0 fully saturated rings. The Kier molecular flexibility index (Phi) is 2.03. The first-order valence-electron chi connectivity index (χ1n) is 5.38. The van der Waals surface area contributed by atoms with E-state index >= 15 is 0 Å². The van der Waals surface area contributed by atoms with Crippen molar-refractivity contribution in [3.63, 3.8) is 0 Å². The van der Waals surface area contributed by atoms with Gasteiger partial charge in [0.2, 0.25) is 0 Å². The van der Waals surface area contributed by atoms with Crippen LogP contribution in [-0.2, 0) is 0 Å². The molecule has 0 aliphatic rings. The summed E-state index contributed by atoms with van der Waals surface area (Å²) in [5.74, 6) is 0. The molecule has 3 rings (SSSR count). The van der Waals surface area contributed by atoms with E-state index in [1.54, 1.807) is 0 Å². The van der Waals surface area contributed by atoms with Crippen LogP contribution in [0.1, 0.15) is 5.56 Å². The standard InChI is InChI=1S/C15H12O/c1-11-6-8-12(9-7-11)14-10-16-15-5-3-2-4-13(14)15/h2-10H,1H3. The van der Waals surface area contributed by atoms with Crippen LogP contribution < -0.4 is 0 Å². The van der Waals surface area contributed by atoms with Crippen LogP contribution in [0.4, 0.5) is 0 Å². The fourth-order valence-corrected chi connectivity index (χ4v) is 1.93. The number of aryl methyl sites for hydroxylation is 1. The Labute approximate surface area is 94.3 Å². The van der Waals surface area contributed by atoms with Gasteiger partial charge in [-0.25, -0.2) is 0 Å². The van der Waals surface area contributed by atoms with E-state index in [1.807, 2.05) is 24.5 Å². The molecule has 16 heavy (non-hydrogen) atoms. The summed E-state index contributed by atoms with van der Waals surface area (Å²) in [5, 5.41) is 1.17. The Morgan fingerprint density at radius 2 is 1.62 bits per heavy atom. The molecule has 3 aromatic rings. The van der Waals surface area contributed by atoms with Gasteiger partial charge in [0.15, 0.2) is 0 Å². The molecule has 0 aliphatic heterocycles. The van der Waals surface area contributed by atoms with Gasteiger partial charge >= 0.3 is 0 Å². The molecule has 0 N–H and O–H groups in total. The molecule has 0 spiro atoms. The smallest absolute Gasteiger partial charge is 0.134 e. The first-order valence-corrected chi connectivity index (χ1v) is 5.38. The van der Waals surface area contributed by atoms with Crippen LogP contribution in [0.2, 0.25) is 0 Å². The van der Waals surface area contributed by atoms with Crippen molar-refractivity contribution in [2.24, 2.45) is 0 Å². The Morgan fingerprint density at radius 1 is 0.875 bits per heavy atom. The molecule has 1 heterocycles. The minimum absolute atomic E-state index is 0.943. The van der Waals surface area contributed by atoms with Gasteiger partial charge in [-0.3, -0.25) is 0 Å². The van der Waals surface area contributed by atoms with Crippen molar-refractivity contribution in [2.75, 3.05) is 0 Å². The Balaban J connectivity index is 2.22. The summed E-state index contributed by atoms with van der Waals surface area (Å²) in [6.45, 7) is 2.09. The van der Waals surface area contributed by atoms with Gasteiger partial charge in [-0.1, -0.05) is 48.0 Å². The van der Waals surface area contributed by atoms with E-state index < -0.39 is 0 Å². The maximum absolute atomic E-state index is 5.53. The van der Waals surface area contributed by atoms with E-state index in [0.29, 0.717) is 0 Å². The van der Waals surface area contributed by atoms with Gasteiger partial charge in [-0.2, -0.15) is 0 Å². The average Bonchev–Trinajstić information content (AvgIpc) is 2.74. The molecule has 0 atom stereocenters. The molecule has 78 valence electrons. The summed E-state index contributed by atoms with van der Waals surface area (Å²) in [6, 6.07) is 16.6. The Morgan fingerprint density at radius 3 is 2.44 bits per heavy atom. The third-order valence-corrected chi connectivity index (χ3v) is 2.84. The van der Waals surface area contributed by atoms with Gasteiger partial charge < -0.3 is 4.42 Å². The van der Waals surface area contributed by atoms with E-state index in [1.165, 1.54) is 16.5 Å². The zero-order chi connectivity index (χ0) is 11.0. The summed E-state index contributed by atoms with van der Waals surface area (Å²) in [5.41, 5.74) is 4.58. The third kappa shape index (κ3) is 1.41. The number of hydrogen-bond donors (Lipinski definition) is 0. The fraction of sp³-hybridized carbons (Fsp3) is 0.0667. The first-order chi connectivity index (χ1) is 7.84. The van der Waals surface area contributed by atoms with E-state index in [0.717, 1.165) is 11.1 Å². The third-order valence-electron chi connectivity index (χ3n) is 2.84. The number of hydrogen-bond acceptors (Lipinski definition) is 1. The van der Waals surface area contributed by atoms with Crippen molar-refractivity contribution < 1.29 is 4.42 Å². The number of benzene rings is 2. The van der Waals surface area contributed by atoms with Crippen LogP contribution in [-0.4, -0.2) is 0 Å². The van der Waals surface area contributed by atoms with Gasteiger partial charge in [0.25, 0.3) is 0 Å². The topological polar surface area (TPSA) is 13.1 Å². The molecule has 1 aromatic heterocycles. The van der Waals surface area contributed by atoms with Crippen LogP contribution in [0.5, 0.6) is 0 Å². The number of fused-ring (bicyclic) bond motifs is 1. The number of rotatable bonds is 1. The summed E-state index contributed by atoms with van der Waals surface area (Å²) in [4.78, 5) is 0. The summed E-state index contributed by atoms with van der Waals surface area (Å²) < 4.78 is 5.53. The molecule has 1 heteroatoms. The minimum atomic E-state index is 0.943. The Hall–Kier alpha value is -2.02. The molecule has 0 unspecified atom stereocenters. The molecule has 2 aromatic carbocycles. The zero-order valence-corrected chi connectivity index (χ0v) is 9.10. The quantitative estimate of drug-likeness (QED) is 0.577. The van der Waals surface area contributed by atoms with Crippen LogP contribution in [0.3, 0.4) is 0 Å². The normalized spacial score (nSPS) is 10.8. The fourth-order valence-electron chi connectivity index (χ4n) is 1.93. The maximum atomic E-state index is 5.53. The van der Waals surface area contributed by atoms with Gasteiger partial charge in [-0.15, -0.1) is 0 Å². The largest absolute Gasteiger partial charge is 0.464 e. The highest BCUT2D eigenvalue weighted by molar-refractivity contribution is 5.93. The Bertz CT molecular complexity index is 617. The second-order valence-corrected chi connectivity index (χ2v) is 4.01. The van der Waals surface area contributed by atoms with Crippen molar-refractivity contribution in [3.8, 4) is 11.1 Å². The lowest BCUT2D eigenvalue weighted by atomic mass is 10.0.